The van der Waals surface area contributed by atoms with Gasteiger partial charge in [0.1, 0.15) is 0 Å². The first kappa shape index (κ1) is 11.9. The van der Waals surface area contributed by atoms with Crippen LogP contribution in [0.1, 0.15) is 16.8 Å². The van der Waals surface area contributed by atoms with Crippen molar-refractivity contribution in [3.05, 3.63) is 51.8 Å². The van der Waals surface area contributed by atoms with Gasteiger partial charge in [0.05, 0.1) is 12.7 Å². The summed E-state index contributed by atoms with van der Waals surface area (Å²) in [6, 6.07) is 8.23. The molecule has 2 nitrogen and oxygen atoms in total. The van der Waals surface area contributed by atoms with Crippen molar-refractivity contribution >= 4 is 31.9 Å². The maximum Gasteiger partial charge on any atom is 0.0673 e. The van der Waals surface area contributed by atoms with Crippen LogP contribution in [0.15, 0.2) is 34.9 Å². The number of hydrogen-bond donors (Lipinski definition) is 0. The van der Waals surface area contributed by atoms with Gasteiger partial charge >= 0.3 is 0 Å². The number of rotatable bonds is 3. The molecule has 0 N–H and O–H groups in total. The first-order chi connectivity index (χ1) is 7.72. The summed E-state index contributed by atoms with van der Waals surface area (Å²) in [6.07, 6.45) is 1.92. The molecule has 0 saturated carbocycles. The SMILES string of the molecule is Cc1c(CBr)cnn1Cc1ccccc1Br. The predicted octanol–water partition coefficient (Wildman–Crippen LogP) is 3.90. The first-order valence-corrected chi connectivity index (χ1v) is 6.94. The van der Waals surface area contributed by atoms with Crippen LogP contribution in [0.25, 0.3) is 0 Å². The fraction of sp³-hybridized carbons (Fsp3) is 0.250. The number of aromatic nitrogens is 2. The maximum absolute atomic E-state index is 4.39. The van der Waals surface area contributed by atoms with Gasteiger partial charge in [-0.2, -0.15) is 5.10 Å². The lowest BCUT2D eigenvalue weighted by atomic mass is 10.2. The van der Waals surface area contributed by atoms with Crippen molar-refractivity contribution in [2.75, 3.05) is 0 Å². The van der Waals surface area contributed by atoms with Gasteiger partial charge in [-0.3, -0.25) is 4.68 Å². The van der Waals surface area contributed by atoms with Crippen LogP contribution in [0.5, 0.6) is 0 Å². The fourth-order valence-electron chi connectivity index (χ4n) is 1.56. The Morgan fingerprint density at radius 3 is 2.62 bits per heavy atom. The zero-order valence-electron chi connectivity index (χ0n) is 8.95. The third-order valence-corrected chi connectivity index (χ3v) is 4.00. The zero-order chi connectivity index (χ0) is 11.5. The van der Waals surface area contributed by atoms with Crippen molar-refractivity contribution in [2.45, 2.75) is 18.8 Å². The summed E-state index contributed by atoms with van der Waals surface area (Å²) in [5.41, 5.74) is 3.70. The Bertz CT molecular complexity index is 492. The molecular formula is C12H12Br2N2. The van der Waals surface area contributed by atoms with Gasteiger partial charge in [-0.15, -0.1) is 0 Å². The van der Waals surface area contributed by atoms with E-state index in [2.05, 4.69) is 56.0 Å². The summed E-state index contributed by atoms with van der Waals surface area (Å²) in [4.78, 5) is 0. The Morgan fingerprint density at radius 2 is 2.00 bits per heavy atom. The molecule has 0 aliphatic rings. The molecule has 0 atom stereocenters. The largest absolute Gasteiger partial charge is 0.265 e. The highest BCUT2D eigenvalue weighted by Crippen LogP contribution is 2.19. The molecule has 1 aromatic heterocycles. The van der Waals surface area contributed by atoms with Crippen LogP contribution in [0.2, 0.25) is 0 Å². The van der Waals surface area contributed by atoms with Gasteiger partial charge < -0.3 is 0 Å². The molecule has 2 rings (SSSR count). The average Bonchev–Trinajstić information content (AvgIpc) is 2.63. The Hall–Kier alpha value is -0.610. The lowest BCUT2D eigenvalue weighted by Gasteiger charge is -2.07. The molecule has 1 heterocycles. The van der Waals surface area contributed by atoms with E-state index >= 15 is 0 Å². The molecule has 16 heavy (non-hydrogen) atoms. The first-order valence-electron chi connectivity index (χ1n) is 5.03. The summed E-state index contributed by atoms with van der Waals surface area (Å²) < 4.78 is 3.15. The quantitative estimate of drug-likeness (QED) is 0.773. The molecule has 0 bridgehead atoms. The van der Waals surface area contributed by atoms with Crippen molar-refractivity contribution in [1.29, 1.82) is 0 Å². The van der Waals surface area contributed by atoms with Crippen LogP contribution in [-0.2, 0) is 11.9 Å². The summed E-state index contributed by atoms with van der Waals surface area (Å²) in [5.74, 6) is 0. The van der Waals surface area contributed by atoms with E-state index in [1.54, 1.807) is 0 Å². The van der Waals surface area contributed by atoms with Crippen LogP contribution in [-0.4, -0.2) is 9.78 Å². The molecule has 1 aromatic carbocycles. The molecular weight excluding hydrogens is 332 g/mol. The van der Waals surface area contributed by atoms with Crippen LogP contribution < -0.4 is 0 Å². The fourth-order valence-corrected chi connectivity index (χ4v) is 2.52. The molecule has 0 aliphatic heterocycles. The number of alkyl halides is 1. The Labute approximate surface area is 112 Å². The molecule has 0 radical (unpaired) electrons. The molecule has 2 aromatic rings. The molecule has 0 aliphatic carbocycles. The van der Waals surface area contributed by atoms with E-state index in [0.29, 0.717) is 0 Å². The van der Waals surface area contributed by atoms with E-state index in [0.717, 1.165) is 16.3 Å². The van der Waals surface area contributed by atoms with Crippen molar-refractivity contribution < 1.29 is 0 Å². The second-order valence-corrected chi connectivity index (χ2v) is 5.05. The number of benzene rings is 1. The van der Waals surface area contributed by atoms with Crippen molar-refractivity contribution in [3.8, 4) is 0 Å². The summed E-state index contributed by atoms with van der Waals surface area (Å²) in [5, 5.41) is 5.24. The topological polar surface area (TPSA) is 17.8 Å². The lowest BCUT2D eigenvalue weighted by molar-refractivity contribution is 0.662. The minimum absolute atomic E-state index is 0.806. The Kier molecular flexibility index (Phi) is 3.82. The van der Waals surface area contributed by atoms with Gasteiger partial charge in [0, 0.05) is 21.1 Å². The summed E-state index contributed by atoms with van der Waals surface area (Å²) in [6.45, 7) is 2.90. The summed E-state index contributed by atoms with van der Waals surface area (Å²) >= 11 is 7.01. The third kappa shape index (κ3) is 2.38. The van der Waals surface area contributed by atoms with Gasteiger partial charge in [-0.05, 0) is 18.6 Å². The monoisotopic (exact) mass is 342 g/mol. The Balaban J connectivity index is 2.27. The minimum atomic E-state index is 0.806. The van der Waals surface area contributed by atoms with Gasteiger partial charge in [0.15, 0.2) is 0 Å². The average molecular weight is 344 g/mol. The molecule has 4 heteroatoms. The van der Waals surface area contributed by atoms with Crippen molar-refractivity contribution in [2.24, 2.45) is 0 Å². The standard InChI is InChI=1S/C12H12Br2N2/c1-9-11(6-13)7-15-16(9)8-10-4-2-3-5-12(10)14/h2-5,7H,6,8H2,1H3. The maximum atomic E-state index is 4.39. The highest BCUT2D eigenvalue weighted by Gasteiger charge is 2.06. The van der Waals surface area contributed by atoms with Crippen LogP contribution in [0.4, 0.5) is 0 Å². The third-order valence-electron chi connectivity index (χ3n) is 2.63. The molecule has 0 fully saturated rings. The molecule has 84 valence electrons. The van der Waals surface area contributed by atoms with E-state index in [4.69, 9.17) is 0 Å². The normalized spacial score (nSPS) is 10.7. The van der Waals surface area contributed by atoms with Crippen LogP contribution in [0, 0.1) is 6.92 Å². The van der Waals surface area contributed by atoms with Crippen molar-refractivity contribution in [1.82, 2.24) is 9.78 Å². The van der Waals surface area contributed by atoms with Crippen LogP contribution in [0.3, 0.4) is 0 Å². The second kappa shape index (κ2) is 5.15. The predicted molar refractivity (Wildman–Crippen MR) is 72.8 cm³/mol. The van der Waals surface area contributed by atoms with Gasteiger partial charge in [0.2, 0.25) is 0 Å². The number of nitrogens with zero attached hydrogens (tertiary/aromatic N) is 2. The zero-order valence-corrected chi connectivity index (χ0v) is 12.1. The van der Waals surface area contributed by atoms with Crippen LogP contribution >= 0.6 is 31.9 Å². The highest BCUT2D eigenvalue weighted by atomic mass is 79.9. The van der Waals surface area contributed by atoms with Gasteiger partial charge in [-0.1, -0.05) is 50.1 Å². The lowest BCUT2D eigenvalue weighted by Crippen LogP contribution is -2.04. The minimum Gasteiger partial charge on any atom is -0.265 e. The Morgan fingerprint density at radius 1 is 1.25 bits per heavy atom. The van der Waals surface area contributed by atoms with Gasteiger partial charge in [0.25, 0.3) is 0 Å². The highest BCUT2D eigenvalue weighted by molar-refractivity contribution is 9.10. The van der Waals surface area contributed by atoms with E-state index < -0.39 is 0 Å². The molecule has 0 saturated heterocycles. The second-order valence-electron chi connectivity index (χ2n) is 3.64. The molecule has 0 spiro atoms. The van der Waals surface area contributed by atoms with E-state index in [1.807, 2.05) is 23.0 Å². The van der Waals surface area contributed by atoms with E-state index in [-0.39, 0.29) is 0 Å². The van der Waals surface area contributed by atoms with Crippen molar-refractivity contribution in [3.63, 3.8) is 0 Å². The smallest absolute Gasteiger partial charge is 0.0673 e. The van der Waals surface area contributed by atoms with Gasteiger partial charge in [-0.25, -0.2) is 0 Å². The van der Waals surface area contributed by atoms with E-state index in [1.165, 1.54) is 16.8 Å². The number of hydrogen-bond acceptors (Lipinski definition) is 1. The van der Waals surface area contributed by atoms with E-state index in [9.17, 15) is 0 Å². The molecule has 0 amide bonds. The molecule has 0 unspecified atom stereocenters. The summed E-state index contributed by atoms with van der Waals surface area (Å²) in [7, 11) is 0. The number of halogens is 2.